The SMILES string of the molecule is C[C@H](CC[C@@H](O[C@@H]1O[C@H](CO[C@@H]2O[C@H](CO)[C@@H](O)[C@H](O)[C@H]2O)[C@@H](O)[C@H](O)[C@H]1O[C@@H]1O[C@H](CO)[C@@H](O)[C@H](O)[C@H]1O)C(C)(C)O)[C@H]1CC[C@@]2(C)C3CC=C4[C@@H](CC[C@H](O[C@@H]5O[C@H](CO)[C@@H](O)[C@H](O)[C@H]5O[C@@H]5O[C@H](CO)[C@@H](O)[C@H](O)[C@H]5O)C4(C)C)[C@]3(C)[C@H](O)C[C@]12C. The molecule has 0 aromatic rings. The van der Waals surface area contributed by atoms with Crippen molar-refractivity contribution in [2.75, 3.05) is 33.0 Å². The summed E-state index contributed by atoms with van der Waals surface area (Å²) in [5, 5.41) is 205. The first kappa shape index (κ1) is 71.9. The van der Waals surface area contributed by atoms with Crippen LogP contribution >= 0.6 is 0 Å². The van der Waals surface area contributed by atoms with E-state index in [1.54, 1.807) is 0 Å². The van der Waals surface area contributed by atoms with Crippen molar-refractivity contribution < 1.29 is 144 Å². The van der Waals surface area contributed by atoms with Gasteiger partial charge in [0.2, 0.25) is 0 Å². The highest BCUT2D eigenvalue weighted by molar-refractivity contribution is 5.32. The van der Waals surface area contributed by atoms with E-state index in [0.29, 0.717) is 32.1 Å². The monoisotopic (exact) mass is 1290 g/mol. The van der Waals surface area contributed by atoms with Crippen molar-refractivity contribution >= 4 is 0 Å². The summed E-state index contributed by atoms with van der Waals surface area (Å²) in [5.41, 5.74) is -2.61. The molecule has 0 bridgehead atoms. The minimum absolute atomic E-state index is 0.0128. The molecule has 0 radical (unpaired) electrons. The van der Waals surface area contributed by atoms with Gasteiger partial charge in [0.1, 0.15) is 122 Å². The molecule has 0 aromatic heterocycles. The van der Waals surface area contributed by atoms with Crippen LogP contribution in [0.2, 0.25) is 0 Å². The van der Waals surface area contributed by atoms with Gasteiger partial charge in [0.05, 0.1) is 56.9 Å². The first-order valence-corrected chi connectivity index (χ1v) is 31.6. The van der Waals surface area contributed by atoms with E-state index in [4.69, 9.17) is 47.4 Å². The summed E-state index contributed by atoms with van der Waals surface area (Å²) in [4.78, 5) is 0. The second kappa shape index (κ2) is 27.6. The molecule has 29 nitrogen and oxygen atoms in total. The second-order valence-corrected chi connectivity index (χ2v) is 28.7. The van der Waals surface area contributed by atoms with Gasteiger partial charge in [-0.25, -0.2) is 0 Å². The molecule has 35 atom stereocenters. The Morgan fingerprint density at radius 3 is 1.47 bits per heavy atom. The first-order chi connectivity index (χ1) is 41.7. The zero-order valence-corrected chi connectivity index (χ0v) is 51.8. The van der Waals surface area contributed by atoms with Crippen LogP contribution in [0.25, 0.3) is 0 Å². The van der Waals surface area contributed by atoms with Crippen molar-refractivity contribution in [3.05, 3.63) is 11.6 Å². The van der Waals surface area contributed by atoms with Gasteiger partial charge in [-0.15, -0.1) is 0 Å². The van der Waals surface area contributed by atoms with Crippen LogP contribution in [-0.4, -0.2) is 308 Å². The smallest absolute Gasteiger partial charge is 0.187 e. The average molecular weight is 1290 g/mol. The van der Waals surface area contributed by atoms with Crippen LogP contribution in [0.3, 0.4) is 0 Å². The molecule has 89 heavy (non-hydrogen) atoms. The molecule has 3 saturated carbocycles. The van der Waals surface area contributed by atoms with Crippen LogP contribution in [0.5, 0.6) is 0 Å². The topological polar surface area (TPSA) is 477 Å². The Kier molecular flexibility index (Phi) is 22.3. The van der Waals surface area contributed by atoms with Crippen LogP contribution in [0, 0.1) is 45.3 Å². The van der Waals surface area contributed by atoms with Gasteiger partial charge in [-0.05, 0) is 99.7 Å². The van der Waals surface area contributed by atoms with Crippen LogP contribution in [0.1, 0.15) is 107 Å². The minimum Gasteiger partial charge on any atom is -0.394 e. The van der Waals surface area contributed by atoms with E-state index in [0.717, 1.165) is 18.4 Å². The van der Waals surface area contributed by atoms with Crippen LogP contribution in [0.15, 0.2) is 11.6 Å². The Bertz CT molecular complexity index is 2340. The Labute approximate surface area is 517 Å². The van der Waals surface area contributed by atoms with Gasteiger partial charge in [-0.2, -0.15) is 0 Å². The van der Waals surface area contributed by atoms with Gasteiger partial charge in [0.15, 0.2) is 31.5 Å². The van der Waals surface area contributed by atoms with E-state index in [-0.39, 0.29) is 35.5 Å². The van der Waals surface area contributed by atoms with Crippen molar-refractivity contribution in [2.24, 2.45) is 45.3 Å². The number of rotatable bonds is 20. The molecule has 9 rings (SSSR count). The fourth-order valence-corrected chi connectivity index (χ4v) is 17.1. The van der Waals surface area contributed by atoms with Crippen LogP contribution < -0.4 is 0 Å². The summed E-state index contributed by atoms with van der Waals surface area (Å²) in [5.74, 6) is -0.0822. The number of hydrogen-bond acceptors (Lipinski definition) is 29. The summed E-state index contributed by atoms with van der Waals surface area (Å²) < 4.78 is 60.0. The van der Waals surface area contributed by atoms with Crippen molar-refractivity contribution in [1.82, 2.24) is 0 Å². The van der Waals surface area contributed by atoms with E-state index < -0.39 is 227 Å². The highest BCUT2D eigenvalue weighted by Crippen LogP contribution is 2.75. The quantitative estimate of drug-likeness (QED) is 0.0506. The third kappa shape index (κ3) is 13.0. The fourth-order valence-electron chi connectivity index (χ4n) is 17.1. The molecule has 5 heterocycles. The summed E-state index contributed by atoms with van der Waals surface area (Å²) in [6.07, 6.45) is -38.0. The molecule has 5 saturated heterocycles. The maximum absolute atomic E-state index is 12.9. The number of ether oxygens (including phenoxy) is 10. The van der Waals surface area contributed by atoms with Gasteiger partial charge >= 0.3 is 0 Å². The lowest BCUT2D eigenvalue weighted by Gasteiger charge is -2.67. The zero-order chi connectivity index (χ0) is 65.5. The normalized spacial score (nSPS) is 51.8. The third-order valence-corrected chi connectivity index (χ3v) is 22.9. The van der Waals surface area contributed by atoms with Crippen LogP contribution in [-0.2, 0) is 47.4 Å². The van der Waals surface area contributed by atoms with Crippen molar-refractivity contribution in [1.29, 1.82) is 0 Å². The highest BCUT2D eigenvalue weighted by atomic mass is 16.8. The van der Waals surface area contributed by atoms with Crippen molar-refractivity contribution in [3.63, 3.8) is 0 Å². The molecular weight excluding hydrogens is 1180 g/mol. The predicted molar refractivity (Wildman–Crippen MR) is 300 cm³/mol. The van der Waals surface area contributed by atoms with Crippen molar-refractivity contribution in [2.45, 2.75) is 284 Å². The number of aliphatic hydroxyl groups excluding tert-OH is 18. The summed E-state index contributed by atoms with van der Waals surface area (Å²) in [6, 6.07) is 0. The van der Waals surface area contributed by atoms with Gasteiger partial charge in [0.25, 0.3) is 0 Å². The molecule has 19 N–H and O–H groups in total. The maximum Gasteiger partial charge on any atom is 0.187 e. The number of hydrogen-bond donors (Lipinski definition) is 19. The second-order valence-electron chi connectivity index (χ2n) is 28.7. The summed E-state index contributed by atoms with van der Waals surface area (Å²) in [7, 11) is 0. The Balaban J connectivity index is 0.908. The first-order valence-electron chi connectivity index (χ1n) is 31.6. The summed E-state index contributed by atoms with van der Waals surface area (Å²) >= 11 is 0. The Hall–Kier alpha value is -1.42. The minimum atomic E-state index is -1.96. The largest absolute Gasteiger partial charge is 0.394 e. The highest BCUT2D eigenvalue weighted by Gasteiger charge is 2.71. The lowest BCUT2D eigenvalue weighted by Crippen LogP contribution is -2.66. The lowest BCUT2D eigenvalue weighted by molar-refractivity contribution is -0.380. The van der Waals surface area contributed by atoms with E-state index in [9.17, 15) is 97.0 Å². The number of aliphatic hydroxyl groups is 19. The molecule has 29 heteroatoms. The predicted octanol–water partition coefficient (Wildman–Crippen LogP) is -5.41. The van der Waals surface area contributed by atoms with E-state index in [2.05, 4.69) is 33.8 Å². The molecule has 8 fully saturated rings. The number of allylic oxidation sites excluding steroid dienone is 1. The molecule has 0 amide bonds. The molecule has 1 unspecified atom stereocenters. The van der Waals surface area contributed by atoms with Gasteiger partial charge in [-0.3, -0.25) is 0 Å². The van der Waals surface area contributed by atoms with Gasteiger partial charge < -0.3 is 144 Å². The molecule has 4 aliphatic carbocycles. The fraction of sp³-hybridized carbons (Fsp3) is 0.967. The molecular formula is C60H102O29. The average Bonchev–Trinajstić information content (AvgIpc) is 1.68. The molecule has 5 aliphatic heterocycles. The molecule has 0 aromatic carbocycles. The number of fused-ring (bicyclic) bond motifs is 5. The van der Waals surface area contributed by atoms with Crippen molar-refractivity contribution in [3.8, 4) is 0 Å². The zero-order valence-electron chi connectivity index (χ0n) is 51.8. The Morgan fingerprint density at radius 2 is 0.966 bits per heavy atom. The third-order valence-electron chi connectivity index (χ3n) is 22.9. The van der Waals surface area contributed by atoms with Gasteiger partial charge in [-0.1, -0.05) is 53.2 Å². The molecule has 0 spiro atoms. The Morgan fingerprint density at radius 1 is 0.517 bits per heavy atom. The van der Waals surface area contributed by atoms with E-state index in [1.165, 1.54) is 13.8 Å². The van der Waals surface area contributed by atoms with E-state index >= 15 is 0 Å². The van der Waals surface area contributed by atoms with Gasteiger partial charge in [0, 0.05) is 10.8 Å². The lowest BCUT2D eigenvalue weighted by atomic mass is 9.38. The standard InChI is InChI=1S/C60H102O29/c1-23(9-13-35(57(4,5)79)87-55-50(89-53-48(78)43(73)38(68)29(20-63)83-53)45(75)40(70)31(85-55)22-80-51-46(76)41(71)36(66)27(18-61)81-51)24-15-16-58(6)32-12-10-25-26(60(32,8)33(65)17-59(24,58)7)11-14-34(56(25,2)3)86-54-49(44(74)39(69)30(21-64)84-54)88-52-47(77)42(72)37(67)28(19-62)82-52/h10,23-24,26-55,61-79H,9,11-22H2,1-8H3/t23-,24-,26-,27-,28-,29-,30-,31-,32?,33-,34+,35-,36-,37-,38-,39-,40-,41+,42+,43+,44+,45+,46-,47-,48-,49-,50-,51-,52+,53+,54+,55+,58+,59-,60+/m1/s1. The van der Waals surface area contributed by atoms with E-state index in [1.807, 2.05) is 13.8 Å². The van der Waals surface area contributed by atoms with Crippen LogP contribution in [0.4, 0.5) is 0 Å². The maximum atomic E-state index is 12.9. The molecule has 9 aliphatic rings. The molecule has 516 valence electrons. The summed E-state index contributed by atoms with van der Waals surface area (Å²) in [6.45, 7) is 12.3.